The van der Waals surface area contributed by atoms with E-state index < -0.39 is 9.84 Å². The van der Waals surface area contributed by atoms with Crippen LogP contribution in [0.4, 0.5) is 0 Å². The summed E-state index contributed by atoms with van der Waals surface area (Å²) >= 11 is 0. The molecule has 28 heavy (non-hydrogen) atoms. The topological polar surface area (TPSA) is 80.6 Å². The Balaban J connectivity index is 1.45. The second-order valence-electron chi connectivity index (χ2n) is 8.87. The molecule has 150 valence electrons. The minimum Gasteiger partial charge on any atom is -0.346 e. The fraction of sp³-hybridized carbons (Fsp3) is 0.619. The minimum atomic E-state index is -2.87. The van der Waals surface area contributed by atoms with Crippen LogP contribution in [0.5, 0.6) is 0 Å². The largest absolute Gasteiger partial charge is 0.346 e. The zero-order chi connectivity index (χ0) is 19.3. The van der Waals surface area contributed by atoms with Crippen molar-refractivity contribution in [3.63, 3.8) is 0 Å². The van der Waals surface area contributed by atoms with Crippen molar-refractivity contribution < 1.29 is 8.42 Å². The quantitative estimate of drug-likeness (QED) is 0.677. The standard InChI is InChI=1S/C21H28N4O2S/c1-28(26,27)11-9-14-4-6-16(7-5-14)25-19(12-15-2-3-15)24-18-13-23-21-17(20(18)25)8-10-22-21/h8,10,13-16H,2-7,9,11-12H2,1H3,(H,22,23). The summed E-state index contributed by atoms with van der Waals surface area (Å²) in [6.07, 6.45) is 14.1. The number of sulfone groups is 1. The van der Waals surface area contributed by atoms with Crippen LogP contribution < -0.4 is 0 Å². The maximum absolute atomic E-state index is 11.5. The number of aromatic nitrogens is 4. The molecule has 3 aromatic heterocycles. The highest BCUT2D eigenvalue weighted by atomic mass is 32.2. The third kappa shape index (κ3) is 3.56. The van der Waals surface area contributed by atoms with Crippen molar-refractivity contribution in [2.75, 3.05) is 12.0 Å². The molecule has 0 aliphatic heterocycles. The van der Waals surface area contributed by atoms with Crippen LogP contribution in [-0.2, 0) is 16.3 Å². The van der Waals surface area contributed by atoms with Gasteiger partial charge in [0.25, 0.3) is 0 Å². The molecule has 0 spiro atoms. The third-order valence-corrected chi connectivity index (χ3v) is 7.53. The Hall–Kier alpha value is -1.89. The van der Waals surface area contributed by atoms with Gasteiger partial charge in [0, 0.05) is 30.3 Å². The SMILES string of the molecule is CS(=O)(=O)CCC1CCC(n2c(CC3CC3)nc3cnc4[nH]ccc4c32)CC1. The maximum atomic E-state index is 11.5. The molecule has 0 amide bonds. The van der Waals surface area contributed by atoms with E-state index in [-0.39, 0.29) is 0 Å². The lowest BCUT2D eigenvalue weighted by molar-refractivity contribution is 0.269. The average Bonchev–Trinajstić information content (AvgIpc) is 3.21. The molecule has 5 rings (SSSR count). The summed E-state index contributed by atoms with van der Waals surface area (Å²) in [5.41, 5.74) is 3.15. The summed E-state index contributed by atoms with van der Waals surface area (Å²) < 4.78 is 25.5. The summed E-state index contributed by atoms with van der Waals surface area (Å²) in [6, 6.07) is 2.57. The van der Waals surface area contributed by atoms with Crippen LogP contribution in [0.3, 0.4) is 0 Å². The summed E-state index contributed by atoms with van der Waals surface area (Å²) in [6.45, 7) is 0. The van der Waals surface area contributed by atoms with E-state index >= 15 is 0 Å². The number of nitrogens with one attached hydrogen (secondary N) is 1. The molecular formula is C21H28N4O2S. The first-order chi connectivity index (χ1) is 13.5. The highest BCUT2D eigenvalue weighted by Gasteiger charge is 2.30. The highest BCUT2D eigenvalue weighted by molar-refractivity contribution is 7.90. The Morgan fingerprint density at radius 2 is 1.89 bits per heavy atom. The van der Waals surface area contributed by atoms with Gasteiger partial charge in [-0.25, -0.2) is 18.4 Å². The monoisotopic (exact) mass is 400 g/mol. The van der Waals surface area contributed by atoms with Crippen molar-refractivity contribution >= 4 is 31.9 Å². The zero-order valence-corrected chi connectivity index (χ0v) is 17.2. The van der Waals surface area contributed by atoms with Crippen LogP contribution >= 0.6 is 0 Å². The molecule has 0 bridgehead atoms. The van der Waals surface area contributed by atoms with Gasteiger partial charge in [-0.1, -0.05) is 0 Å². The first-order valence-corrected chi connectivity index (χ1v) is 12.5. The van der Waals surface area contributed by atoms with Crippen LogP contribution in [0.25, 0.3) is 22.1 Å². The van der Waals surface area contributed by atoms with E-state index in [9.17, 15) is 8.42 Å². The number of hydrogen-bond acceptors (Lipinski definition) is 4. The molecule has 2 aliphatic rings. The molecule has 2 saturated carbocycles. The van der Waals surface area contributed by atoms with E-state index in [0.717, 1.165) is 61.0 Å². The van der Waals surface area contributed by atoms with Gasteiger partial charge in [-0.05, 0) is 62.8 Å². The smallest absolute Gasteiger partial charge is 0.147 e. The van der Waals surface area contributed by atoms with Crippen LogP contribution in [0, 0.1) is 11.8 Å². The van der Waals surface area contributed by atoms with Gasteiger partial charge in [0.15, 0.2) is 0 Å². The van der Waals surface area contributed by atoms with Crippen LogP contribution in [0.1, 0.15) is 56.8 Å². The maximum Gasteiger partial charge on any atom is 0.147 e. The zero-order valence-electron chi connectivity index (χ0n) is 16.4. The fourth-order valence-electron chi connectivity index (χ4n) is 4.83. The Morgan fingerprint density at radius 3 is 2.61 bits per heavy atom. The lowest BCUT2D eigenvalue weighted by Gasteiger charge is -2.31. The number of hydrogen-bond donors (Lipinski definition) is 1. The molecule has 2 aliphatic carbocycles. The van der Waals surface area contributed by atoms with Gasteiger partial charge in [-0.2, -0.15) is 0 Å². The lowest BCUT2D eigenvalue weighted by Crippen LogP contribution is -2.21. The van der Waals surface area contributed by atoms with E-state index in [0.29, 0.717) is 17.7 Å². The van der Waals surface area contributed by atoms with Gasteiger partial charge in [-0.3, -0.25) is 0 Å². The highest BCUT2D eigenvalue weighted by Crippen LogP contribution is 2.40. The normalized spacial score (nSPS) is 23.6. The fourth-order valence-corrected chi connectivity index (χ4v) is 5.59. The summed E-state index contributed by atoms with van der Waals surface area (Å²) in [7, 11) is -2.87. The number of imidazole rings is 1. The van der Waals surface area contributed by atoms with Gasteiger partial charge in [-0.15, -0.1) is 0 Å². The van der Waals surface area contributed by atoms with Crippen molar-refractivity contribution in [2.24, 2.45) is 11.8 Å². The van der Waals surface area contributed by atoms with E-state index in [4.69, 9.17) is 4.98 Å². The molecule has 7 heteroatoms. The van der Waals surface area contributed by atoms with Crippen LogP contribution in [0.2, 0.25) is 0 Å². The average molecular weight is 401 g/mol. The van der Waals surface area contributed by atoms with E-state index in [1.54, 1.807) is 0 Å². The van der Waals surface area contributed by atoms with Gasteiger partial charge in [0.05, 0.1) is 17.5 Å². The predicted octanol–water partition coefficient (Wildman–Crippen LogP) is 4.03. The number of rotatable bonds is 6. The second kappa shape index (κ2) is 6.87. The Morgan fingerprint density at radius 1 is 1.14 bits per heavy atom. The minimum absolute atomic E-state index is 0.318. The molecule has 2 fully saturated rings. The molecule has 0 aromatic carbocycles. The molecule has 1 N–H and O–H groups in total. The molecule has 3 heterocycles. The first kappa shape index (κ1) is 18.2. The van der Waals surface area contributed by atoms with Gasteiger partial charge < -0.3 is 9.55 Å². The van der Waals surface area contributed by atoms with Gasteiger partial charge in [0.2, 0.25) is 0 Å². The van der Waals surface area contributed by atoms with E-state index in [1.807, 2.05) is 12.4 Å². The van der Waals surface area contributed by atoms with Crippen molar-refractivity contribution in [3.05, 3.63) is 24.3 Å². The molecule has 0 atom stereocenters. The summed E-state index contributed by atoms with van der Waals surface area (Å²) in [5.74, 6) is 2.85. The first-order valence-electron chi connectivity index (χ1n) is 10.5. The number of nitrogens with zero attached hydrogens (tertiary/aromatic N) is 3. The summed E-state index contributed by atoms with van der Waals surface area (Å²) in [5, 5.41) is 1.16. The molecular weight excluding hydrogens is 372 g/mol. The lowest BCUT2D eigenvalue weighted by atomic mass is 9.84. The Labute approximate surface area is 165 Å². The molecule has 0 radical (unpaired) electrons. The van der Waals surface area contributed by atoms with Gasteiger partial charge >= 0.3 is 0 Å². The van der Waals surface area contributed by atoms with Crippen molar-refractivity contribution in [1.29, 1.82) is 0 Å². The molecule has 6 nitrogen and oxygen atoms in total. The number of H-pyrrole nitrogens is 1. The second-order valence-corrected chi connectivity index (χ2v) is 11.1. The van der Waals surface area contributed by atoms with Crippen molar-refractivity contribution in [3.8, 4) is 0 Å². The van der Waals surface area contributed by atoms with Crippen LogP contribution in [0.15, 0.2) is 18.5 Å². The van der Waals surface area contributed by atoms with E-state index in [2.05, 4.69) is 20.6 Å². The van der Waals surface area contributed by atoms with Crippen LogP contribution in [-0.4, -0.2) is 39.9 Å². The van der Waals surface area contributed by atoms with Crippen molar-refractivity contribution in [1.82, 2.24) is 19.5 Å². The van der Waals surface area contributed by atoms with E-state index in [1.165, 1.54) is 30.4 Å². The molecule has 0 saturated heterocycles. The Bertz CT molecular complexity index is 1100. The predicted molar refractivity (Wildman–Crippen MR) is 111 cm³/mol. The number of pyridine rings is 1. The van der Waals surface area contributed by atoms with Gasteiger partial charge in [0.1, 0.15) is 26.8 Å². The number of fused-ring (bicyclic) bond motifs is 3. The number of aromatic amines is 1. The molecule has 0 unspecified atom stereocenters. The molecule has 3 aromatic rings. The third-order valence-electron chi connectivity index (χ3n) is 6.55. The Kier molecular flexibility index (Phi) is 4.45. The van der Waals surface area contributed by atoms with Crippen molar-refractivity contribution in [2.45, 2.75) is 57.4 Å². The summed E-state index contributed by atoms with van der Waals surface area (Å²) in [4.78, 5) is 12.8.